The van der Waals surface area contributed by atoms with Crippen LogP contribution >= 0.6 is 0 Å². The van der Waals surface area contributed by atoms with E-state index in [4.69, 9.17) is 23.7 Å². The zero-order valence-electron chi connectivity index (χ0n) is 20.1. The molecule has 9 nitrogen and oxygen atoms in total. The second-order valence-electron chi connectivity index (χ2n) is 9.47. The lowest BCUT2D eigenvalue weighted by Crippen LogP contribution is -2.34. The van der Waals surface area contributed by atoms with Crippen molar-refractivity contribution in [3.63, 3.8) is 0 Å². The van der Waals surface area contributed by atoms with E-state index in [0.29, 0.717) is 42.3 Å². The van der Waals surface area contributed by atoms with Crippen molar-refractivity contribution in [2.75, 3.05) is 51.5 Å². The summed E-state index contributed by atoms with van der Waals surface area (Å²) >= 11 is 0. The Hall–Kier alpha value is -2.76. The molecule has 2 aromatic heterocycles. The number of hydrogen-bond acceptors (Lipinski definition) is 8. The monoisotopic (exact) mass is 499 g/mol. The van der Waals surface area contributed by atoms with Crippen molar-refractivity contribution in [3.8, 4) is 17.1 Å². The molecule has 0 saturated carbocycles. The van der Waals surface area contributed by atoms with Gasteiger partial charge in [-0.3, -0.25) is 0 Å². The van der Waals surface area contributed by atoms with Crippen LogP contribution in [0, 0.1) is 5.82 Å². The first-order valence-corrected chi connectivity index (χ1v) is 12.3. The fourth-order valence-electron chi connectivity index (χ4n) is 5.21. The van der Waals surface area contributed by atoms with E-state index in [9.17, 15) is 5.11 Å². The normalized spacial score (nSPS) is 27.8. The van der Waals surface area contributed by atoms with Crippen molar-refractivity contribution in [1.29, 1.82) is 0 Å². The highest BCUT2D eigenvalue weighted by Gasteiger charge is 2.48. The maximum atomic E-state index is 15.0. The predicted molar refractivity (Wildman–Crippen MR) is 130 cm³/mol. The Morgan fingerprint density at radius 1 is 1.14 bits per heavy atom. The van der Waals surface area contributed by atoms with Gasteiger partial charge in [0.05, 0.1) is 43.6 Å². The first-order valence-electron chi connectivity index (χ1n) is 12.3. The molecule has 0 amide bonds. The number of aliphatic hydroxyl groups is 1. The number of H-pyrrole nitrogens is 1. The van der Waals surface area contributed by atoms with Gasteiger partial charge >= 0.3 is 0 Å². The minimum atomic E-state index is -0.642. The van der Waals surface area contributed by atoms with Gasteiger partial charge in [-0.05, 0) is 18.6 Å². The standard InChI is InChI=1S/C26H30FN3O6/c1-32-8-9-33-17-6-7-30(12-17)16-4-2-15(3-5-16)24-18(27)10-19-20(29-24)11-23(28-19)36-22-14-35-25-21(31)13-34-26(22)25/h2-5,10-11,17,21-22,25-26,28,31H,6-9,12-14H2,1H3/t17?,21-,22-,25-,26-/m1/s1. The molecule has 192 valence electrons. The van der Waals surface area contributed by atoms with E-state index >= 15 is 4.39 Å². The summed E-state index contributed by atoms with van der Waals surface area (Å²) in [6.07, 6.45) is -0.535. The average Bonchev–Trinajstić information content (AvgIpc) is 3.66. The number of aromatic nitrogens is 2. The van der Waals surface area contributed by atoms with Gasteiger partial charge in [-0.25, -0.2) is 9.37 Å². The van der Waals surface area contributed by atoms with Crippen LogP contribution in [0.5, 0.6) is 5.88 Å². The number of aliphatic hydroxyl groups excluding tert-OH is 1. The van der Waals surface area contributed by atoms with Crippen LogP contribution in [0.2, 0.25) is 0 Å². The maximum absolute atomic E-state index is 15.0. The van der Waals surface area contributed by atoms with Crippen LogP contribution in [-0.2, 0) is 18.9 Å². The summed E-state index contributed by atoms with van der Waals surface area (Å²) < 4.78 is 43.2. The number of nitrogens with one attached hydrogen (secondary N) is 1. The van der Waals surface area contributed by atoms with Gasteiger partial charge in [0.1, 0.15) is 24.0 Å². The number of nitrogens with zero attached hydrogens (tertiary/aromatic N) is 2. The molecule has 6 rings (SSSR count). The van der Waals surface area contributed by atoms with E-state index in [1.54, 1.807) is 13.2 Å². The molecule has 0 radical (unpaired) electrons. The molecule has 5 heterocycles. The summed E-state index contributed by atoms with van der Waals surface area (Å²) in [6, 6.07) is 11.0. The first kappa shape index (κ1) is 23.6. The fraction of sp³-hybridized carbons (Fsp3) is 0.500. The third-order valence-electron chi connectivity index (χ3n) is 7.08. The molecule has 3 aliphatic rings. The molecule has 10 heteroatoms. The predicted octanol–water partition coefficient (Wildman–Crippen LogP) is 2.52. The summed E-state index contributed by atoms with van der Waals surface area (Å²) in [7, 11) is 1.67. The number of methoxy groups -OCH3 is 1. The Bertz CT molecular complexity index is 1200. The molecule has 3 saturated heterocycles. The lowest BCUT2D eigenvalue weighted by atomic mass is 10.1. The number of anilines is 1. The minimum absolute atomic E-state index is 0.193. The third-order valence-corrected chi connectivity index (χ3v) is 7.08. The van der Waals surface area contributed by atoms with Gasteiger partial charge in [-0.1, -0.05) is 12.1 Å². The van der Waals surface area contributed by atoms with Gasteiger partial charge in [0.2, 0.25) is 0 Å². The molecule has 1 unspecified atom stereocenters. The maximum Gasteiger partial charge on any atom is 0.193 e. The number of aromatic amines is 1. The van der Waals surface area contributed by atoms with Crippen LogP contribution in [0.15, 0.2) is 36.4 Å². The Kier molecular flexibility index (Phi) is 6.53. The van der Waals surface area contributed by atoms with E-state index in [1.807, 2.05) is 24.3 Å². The van der Waals surface area contributed by atoms with Crippen molar-refractivity contribution >= 4 is 16.7 Å². The highest BCUT2D eigenvalue weighted by atomic mass is 19.1. The van der Waals surface area contributed by atoms with Gasteiger partial charge in [-0.2, -0.15) is 0 Å². The fourth-order valence-corrected chi connectivity index (χ4v) is 5.21. The van der Waals surface area contributed by atoms with Crippen LogP contribution in [0.1, 0.15) is 6.42 Å². The van der Waals surface area contributed by atoms with Crippen LogP contribution in [0.3, 0.4) is 0 Å². The summed E-state index contributed by atoms with van der Waals surface area (Å²) in [4.78, 5) is 9.91. The molecule has 2 N–H and O–H groups in total. The second kappa shape index (κ2) is 9.95. The largest absolute Gasteiger partial charge is 0.470 e. The Morgan fingerprint density at radius 2 is 1.97 bits per heavy atom. The quantitative estimate of drug-likeness (QED) is 0.457. The second-order valence-corrected chi connectivity index (χ2v) is 9.47. The lowest BCUT2D eigenvalue weighted by molar-refractivity contribution is 0.00794. The molecule has 3 aromatic rings. The molecule has 1 aromatic carbocycles. The van der Waals surface area contributed by atoms with E-state index in [2.05, 4.69) is 14.9 Å². The number of pyridine rings is 1. The Labute approximate surface area is 208 Å². The molecule has 0 bridgehead atoms. The Balaban J connectivity index is 1.15. The molecule has 3 aliphatic heterocycles. The van der Waals surface area contributed by atoms with Crippen molar-refractivity contribution < 1.29 is 33.2 Å². The zero-order valence-corrected chi connectivity index (χ0v) is 20.1. The number of hydrogen-bond donors (Lipinski definition) is 2. The third kappa shape index (κ3) is 4.55. The van der Waals surface area contributed by atoms with Crippen molar-refractivity contribution in [2.45, 2.75) is 36.9 Å². The summed E-state index contributed by atoms with van der Waals surface area (Å²) in [6.45, 7) is 3.48. The van der Waals surface area contributed by atoms with E-state index in [-0.39, 0.29) is 36.7 Å². The minimum Gasteiger partial charge on any atom is -0.470 e. The van der Waals surface area contributed by atoms with E-state index in [1.165, 1.54) is 6.07 Å². The van der Waals surface area contributed by atoms with Gasteiger partial charge in [0.25, 0.3) is 0 Å². The number of fused-ring (bicyclic) bond motifs is 2. The Morgan fingerprint density at radius 3 is 2.81 bits per heavy atom. The number of rotatable bonds is 8. The summed E-state index contributed by atoms with van der Waals surface area (Å²) in [5.74, 6) is 0.0443. The van der Waals surface area contributed by atoms with Crippen molar-refractivity contribution in [2.24, 2.45) is 0 Å². The SMILES string of the molecule is COCCOC1CCN(c2ccc(-c3nc4cc(O[C@@H]5CO[C@H]6[C@@H]5OC[C@H]6O)[nH]c4cc3F)cc2)C1. The molecule has 0 spiro atoms. The molecule has 36 heavy (non-hydrogen) atoms. The highest BCUT2D eigenvalue weighted by Crippen LogP contribution is 2.32. The van der Waals surface area contributed by atoms with Crippen LogP contribution in [-0.4, -0.2) is 92.2 Å². The highest BCUT2D eigenvalue weighted by molar-refractivity contribution is 5.81. The van der Waals surface area contributed by atoms with Gasteiger partial charge in [-0.15, -0.1) is 0 Å². The van der Waals surface area contributed by atoms with Gasteiger partial charge < -0.3 is 38.7 Å². The number of ether oxygens (including phenoxy) is 5. The van der Waals surface area contributed by atoms with Gasteiger partial charge in [0, 0.05) is 43.6 Å². The molecule has 5 atom stereocenters. The number of benzene rings is 1. The zero-order chi connectivity index (χ0) is 24.6. The first-order chi connectivity index (χ1) is 17.6. The van der Waals surface area contributed by atoms with Gasteiger partial charge in [0.15, 0.2) is 17.8 Å². The van der Waals surface area contributed by atoms with Crippen LogP contribution in [0.4, 0.5) is 10.1 Å². The molecular weight excluding hydrogens is 469 g/mol. The van der Waals surface area contributed by atoms with E-state index < -0.39 is 11.9 Å². The van der Waals surface area contributed by atoms with Crippen molar-refractivity contribution in [3.05, 3.63) is 42.2 Å². The molecular formula is C26H30FN3O6. The lowest BCUT2D eigenvalue weighted by Gasteiger charge is -2.19. The average molecular weight is 500 g/mol. The van der Waals surface area contributed by atoms with Crippen LogP contribution in [0.25, 0.3) is 22.3 Å². The summed E-state index contributed by atoms with van der Waals surface area (Å²) in [5, 5.41) is 9.92. The summed E-state index contributed by atoms with van der Waals surface area (Å²) in [5.41, 5.74) is 3.21. The van der Waals surface area contributed by atoms with Crippen LogP contribution < -0.4 is 9.64 Å². The van der Waals surface area contributed by atoms with E-state index in [0.717, 1.165) is 25.2 Å². The topological polar surface area (TPSA) is 98.3 Å². The number of halogens is 1. The molecule has 0 aliphatic carbocycles. The molecule has 3 fully saturated rings. The van der Waals surface area contributed by atoms with Crippen molar-refractivity contribution in [1.82, 2.24) is 9.97 Å². The smallest absolute Gasteiger partial charge is 0.193 e.